The van der Waals surface area contributed by atoms with E-state index >= 15 is 0 Å². The summed E-state index contributed by atoms with van der Waals surface area (Å²) in [4.78, 5) is 10.8. The Labute approximate surface area is 95.7 Å². The van der Waals surface area contributed by atoms with Crippen LogP contribution in [0.3, 0.4) is 0 Å². The zero-order valence-corrected chi connectivity index (χ0v) is 9.90. The third-order valence-electron chi connectivity index (χ3n) is 3.07. The zero-order chi connectivity index (χ0) is 12.3. The monoisotopic (exact) mass is 222 g/mol. The summed E-state index contributed by atoms with van der Waals surface area (Å²) in [5.41, 5.74) is -0.243. The fourth-order valence-electron chi connectivity index (χ4n) is 1.50. The smallest absolute Gasteiger partial charge is 0.340 e. The Morgan fingerprint density at radius 2 is 1.88 bits per heavy atom. The lowest BCUT2D eigenvalue weighted by molar-refractivity contribution is -0.157. The van der Waals surface area contributed by atoms with Crippen LogP contribution in [0.4, 0.5) is 0 Å². The minimum atomic E-state index is -1.81. The standard InChI is InChI=1S/C13H18O3/c1-4-9(2)10-5-7-11(8-6-10)13(3,16)12(14)15/h5-9,16H,4H2,1-3H3,(H,14,15). The van der Waals surface area contributed by atoms with Crippen LogP contribution >= 0.6 is 0 Å². The van der Waals surface area contributed by atoms with E-state index < -0.39 is 11.6 Å². The van der Waals surface area contributed by atoms with Crippen LogP contribution in [0.25, 0.3) is 0 Å². The number of benzene rings is 1. The van der Waals surface area contributed by atoms with Gasteiger partial charge in [-0.3, -0.25) is 0 Å². The van der Waals surface area contributed by atoms with Crippen molar-refractivity contribution in [1.82, 2.24) is 0 Å². The van der Waals surface area contributed by atoms with Gasteiger partial charge in [0.1, 0.15) is 0 Å². The fraction of sp³-hybridized carbons (Fsp3) is 0.462. The second kappa shape index (κ2) is 4.66. The molecule has 0 spiro atoms. The van der Waals surface area contributed by atoms with E-state index in [1.807, 2.05) is 12.1 Å². The lowest BCUT2D eigenvalue weighted by Crippen LogP contribution is -2.31. The van der Waals surface area contributed by atoms with E-state index in [-0.39, 0.29) is 0 Å². The molecule has 0 aromatic heterocycles. The van der Waals surface area contributed by atoms with Crippen molar-refractivity contribution < 1.29 is 15.0 Å². The lowest BCUT2D eigenvalue weighted by Gasteiger charge is -2.19. The molecule has 0 bridgehead atoms. The van der Waals surface area contributed by atoms with Crippen molar-refractivity contribution in [2.24, 2.45) is 0 Å². The van der Waals surface area contributed by atoms with Gasteiger partial charge in [-0.1, -0.05) is 38.1 Å². The molecule has 1 aromatic rings. The number of hydrogen-bond acceptors (Lipinski definition) is 2. The summed E-state index contributed by atoms with van der Waals surface area (Å²) >= 11 is 0. The van der Waals surface area contributed by atoms with Crippen molar-refractivity contribution in [3.63, 3.8) is 0 Å². The Morgan fingerprint density at radius 3 is 2.25 bits per heavy atom. The summed E-state index contributed by atoms with van der Waals surface area (Å²) in [6.45, 7) is 5.50. The van der Waals surface area contributed by atoms with Crippen molar-refractivity contribution in [2.45, 2.75) is 38.7 Å². The maximum Gasteiger partial charge on any atom is 0.340 e. The quantitative estimate of drug-likeness (QED) is 0.822. The van der Waals surface area contributed by atoms with E-state index in [9.17, 15) is 9.90 Å². The summed E-state index contributed by atoms with van der Waals surface area (Å²) in [6.07, 6.45) is 1.04. The van der Waals surface area contributed by atoms with Crippen LogP contribution in [0, 0.1) is 0 Å². The van der Waals surface area contributed by atoms with Gasteiger partial charge in [-0.25, -0.2) is 4.79 Å². The van der Waals surface area contributed by atoms with Gasteiger partial charge < -0.3 is 10.2 Å². The van der Waals surface area contributed by atoms with Gasteiger partial charge in [0, 0.05) is 0 Å². The van der Waals surface area contributed by atoms with Crippen LogP contribution < -0.4 is 0 Å². The number of carbonyl (C=O) groups is 1. The topological polar surface area (TPSA) is 57.5 Å². The normalized spacial score (nSPS) is 16.5. The van der Waals surface area contributed by atoms with Gasteiger partial charge in [-0.15, -0.1) is 0 Å². The maximum atomic E-state index is 10.8. The van der Waals surface area contributed by atoms with Gasteiger partial charge in [-0.05, 0) is 30.4 Å². The van der Waals surface area contributed by atoms with E-state index in [1.165, 1.54) is 6.92 Å². The molecule has 0 aliphatic heterocycles. The molecule has 0 saturated carbocycles. The minimum Gasteiger partial charge on any atom is -0.479 e. The number of carboxylic acids is 1. The molecule has 0 radical (unpaired) electrons. The molecule has 3 nitrogen and oxygen atoms in total. The van der Waals surface area contributed by atoms with Crippen LogP contribution in [0.2, 0.25) is 0 Å². The third-order valence-corrected chi connectivity index (χ3v) is 3.07. The largest absolute Gasteiger partial charge is 0.479 e. The number of aliphatic carboxylic acids is 1. The molecule has 0 saturated heterocycles. The van der Waals surface area contributed by atoms with Crippen molar-refractivity contribution in [1.29, 1.82) is 0 Å². The first-order chi connectivity index (χ1) is 7.39. The first-order valence-electron chi connectivity index (χ1n) is 5.45. The Morgan fingerprint density at radius 1 is 1.38 bits per heavy atom. The second-order valence-electron chi connectivity index (χ2n) is 4.31. The summed E-state index contributed by atoms with van der Waals surface area (Å²) in [6, 6.07) is 7.10. The molecule has 88 valence electrons. The van der Waals surface area contributed by atoms with Crippen LogP contribution in [0.1, 0.15) is 44.2 Å². The summed E-state index contributed by atoms with van der Waals surface area (Å²) in [5, 5.41) is 18.6. The molecule has 3 heteroatoms. The predicted molar refractivity (Wildman–Crippen MR) is 62.4 cm³/mol. The first kappa shape index (κ1) is 12.7. The molecule has 0 heterocycles. The van der Waals surface area contributed by atoms with Gasteiger partial charge >= 0.3 is 5.97 Å². The highest BCUT2D eigenvalue weighted by molar-refractivity contribution is 5.78. The van der Waals surface area contributed by atoms with Crippen molar-refractivity contribution in [3.05, 3.63) is 35.4 Å². The van der Waals surface area contributed by atoms with Crippen LogP contribution in [0.5, 0.6) is 0 Å². The van der Waals surface area contributed by atoms with Crippen LogP contribution in [0.15, 0.2) is 24.3 Å². The Bertz CT molecular complexity index is 365. The maximum absolute atomic E-state index is 10.8. The predicted octanol–water partition coefficient (Wildman–Crippen LogP) is 2.49. The van der Waals surface area contributed by atoms with Gasteiger partial charge in [-0.2, -0.15) is 0 Å². The van der Waals surface area contributed by atoms with Gasteiger partial charge in [0.05, 0.1) is 0 Å². The van der Waals surface area contributed by atoms with E-state index in [2.05, 4.69) is 13.8 Å². The molecule has 16 heavy (non-hydrogen) atoms. The first-order valence-corrected chi connectivity index (χ1v) is 5.45. The summed E-state index contributed by atoms with van der Waals surface area (Å²) in [5.74, 6) is -0.785. The van der Waals surface area contributed by atoms with E-state index in [0.29, 0.717) is 11.5 Å². The average molecular weight is 222 g/mol. The molecule has 2 unspecified atom stereocenters. The Balaban J connectivity index is 2.99. The summed E-state index contributed by atoms with van der Waals surface area (Å²) < 4.78 is 0. The Hall–Kier alpha value is -1.35. The number of hydrogen-bond donors (Lipinski definition) is 2. The molecule has 0 amide bonds. The van der Waals surface area contributed by atoms with Crippen molar-refractivity contribution in [2.75, 3.05) is 0 Å². The molecule has 2 N–H and O–H groups in total. The highest BCUT2D eigenvalue weighted by Crippen LogP contribution is 2.24. The third kappa shape index (κ3) is 2.42. The SMILES string of the molecule is CCC(C)c1ccc(C(C)(O)C(=O)O)cc1. The molecule has 2 atom stereocenters. The molecular weight excluding hydrogens is 204 g/mol. The highest BCUT2D eigenvalue weighted by atomic mass is 16.4. The average Bonchev–Trinajstić information content (AvgIpc) is 2.28. The van der Waals surface area contributed by atoms with E-state index in [0.717, 1.165) is 12.0 Å². The molecule has 1 aromatic carbocycles. The highest BCUT2D eigenvalue weighted by Gasteiger charge is 2.31. The van der Waals surface area contributed by atoms with Crippen molar-refractivity contribution >= 4 is 5.97 Å². The number of aliphatic hydroxyl groups is 1. The Kier molecular flexibility index (Phi) is 3.70. The second-order valence-corrected chi connectivity index (χ2v) is 4.31. The number of rotatable bonds is 4. The van der Waals surface area contributed by atoms with Crippen molar-refractivity contribution in [3.8, 4) is 0 Å². The van der Waals surface area contributed by atoms with E-state index in [4.69, 9.17) is 5.11 Å². The molecule has 0 aliphatic carbocycles. The molecular formula is C13H18O3. The number of carboxylic acid groups (broad SMARTS) is 1. The van der Waals surface area contributed by atoms with E-state index in [1.54, 1.807) is 12.1 Å². The zero-order valence-electron chi connectivity index (χ0n) is 9.90. The molecule has 0 fully saturated rings. The van der Waals surface area contributed by atoms with Gasteiger partial charge in [0.2, 0.25) is 0 Å². The molecule has 0 aliphatic rings. The summed E-state index contributed by atoms with van der Waals surface area (Å²) in [7, 11) is 0. The lowest BCUT2D eigenvalue weighted by atomic mass is 9.92. The molecule has 1 rings (SSSR count). The fourth-order valence-corrected chi connectivity index (χ4v) is 1.50. The van der Waals surface area contributed by atoms with Gasteiger partial charge in [0.25, 0.3) is 0 Å². The van der Waals surface area contributed by atoms with Crippen LogP contribution in [-0.4, -0.2) is 16.2 Å². The minimum absolute atomic E-state index is 0.409. The van der Waals surface area contributed by atoms with Gasteiger partial charge in [0.15, 0.2) is 5.60 Å². The van der Waals surface area contributed by atoms with Crippen LogP contribution in [-0.2, 0) is 10.4 Å².